The first kappa shape index (κ1) is 17.3. The van der Waals surface area contributed by atoms with Gasteiger partial charge in [0.05, 0.1) is 6.42 Å². The van der Waals surface area contributed by atoms with Crippen LogP contribution < -0.4 is 15.7 Å². The number of hydrogen-bond acceptors (Lipinski definition) is 5. The zero-order valence-electron chi connectivity index (χ0n) is 13.3. The van der Waals surface area contributed by atoms with Crippen LogP contribution in [0.5, 0.6) is 11.6 Å². The summed E-state index contributed by atoms with van der Waals surface area (Å²) >= 11 is 0. The maximum Gasteiger partial charge on any atom is 0.340 e. The van der Waals surface area contributed by atoms with Crippen molar-refractivity contribution in [2.24, 2.45) is 0 Å². The van der Waals surface area contributed by atoms with Crippen LogP contribution in [-0.4, -0.2) is 26.1 Å². The molecular formula is C16H13F2N5O3. The van der Waals surface area contributed by atoms with Gasteiger partial charge in [0.15, 0.2) is 11.6 Å². The fourth-order valence-electron chi connectivity index (χ4n) is 2.11. The smallest absolute Gasteiger partial charge is 0.340 e. The Morgan fingerprint density at radius 2 is 2.12 bits per heavy atom. The van der Waals surface area contributed by atoms with Gasteiger partial charge in [-0.3, -0.25) is 9.78 Å². The maximum absolute atomic E-state index is 13.7. The number of carbonyl (C=O) groups excluding carboxylic acids is 1. The second-order valence-corrected chi connectivity index (χ2v) is 5.22. The van der Waals surface area contributed by atoms with Crippen molar-refractivity contribution in [1.29, 1.82) is 0 Å². The molecule has 10 heteroatoms. The Kier molecular flexibility index (Phi) is 5.02. The number of halogens is 2. The minimum atomic E-state index is -0.867. The quantitative estimate of drug-likeness (QED) is 0.615. The van der Waals surface area contributed by atoms with Crippen molar-refractivity contribution in [3.8, 4) is 11.6 Å². The van der Waals surface area contributed by atoms with E-state index in [1.165, 1.54) is 6.20 Å². The molecule has 0 spiro atoms. The van der Waals surface area contributed by atoms with Gasteiger partial charge in [0.2, 0.25) is 11.8 Å². The van der Waals surface area contributed by atoms with Gasteiger partial charge < -0.3 is 10.1 Å². The van der Waals surface area contributed by atoms with E-state index in [1.54, 1.807) is 12.1 Å². The monoisotopic (exact) mass is 361 g/mol. The maximum atomic E-state index is 13.7. The third-order valence-corrected chi connectivity index (χ3v) is 3.30. The molecule has 0 unspecified atom stereocenters. The average Bonchev–Trinajstić information content (AvgIpc) is 3.01. The second kappa shape index (κ2) is 7.55. The highest BCUT2D eigenvalue weighted by atomic mass is 19.1. The summed E-state index contributed by atoms with van der Waals surface area (Å²) in [6, 6.07) is 6.18. The highest BCUT2D eigenvalue weighted by Crippen LogP contribution is 2.25. The van der Waals surface area contributed by atoms with Crippen LogP contribution in [0.3, 0.4) is 0 Å². The van der Waals surface area contributed by atoms with Crippen LogP contribution in [0.1, 0.15) is 11.4 Å². The summed E-state index contributed by atoms with van der Waals surface area (Å²) in [5.41, 5.74) is -0.0165. The fraction of sp³-hybridized carbons (Fsp3) is 0.125. The van der Waals surface area contributed by atoms with Gasteiger partial charge in [-0.1, -0.05) is 6.07 Å². The Morgan fingerprint density at radius 3 is 2.85 bits per heavy atom. The van der Waals surface area contributed by atoms with Crippen LogP contribution in [0.25, 0.3) is 0 Å². The Morgan fingerprint density at radius 1 is 1.27 bits per heavy atom. The first-order valence-electron chi connectivity index (χ1n) is 7.48. The Labute approximate surface area is 145 Å². The first-order valence-corrected chi connectivity index (χ1v) is 7.48. The first-order chi connectivity index (χ1) is 12.5. The van der Waals surface area contributed by atoms with Gasteiger partial charge in [0.1, 0.15) is 11.6 Å². The molecule has 0 aliphatic carbocycles. The predicted molar refractivity (Wildman–Crippen MR) is 85.4 cm³/mol. The van der Waals surface area contributed by atoms with Gasteiger partial charge >= 0.3 is 5.69 Å². The van der Waals surface area contributed by atoms with E-state index < -0.39 is 23.2 Å². The number of rotatable bonds is 6. The summed E-state index contributed by atoms with van der Waals surface area (Å²) in [6.45, 7) is 0.0550. The number of amides is 1. The summed E-state index contributed by atoms with van der Waals surface area (Å²) in [7, 11) is 0. The molecule has 3 rings (SSSR count). The standard InChI is InChI=1S/C16H13F2N5O3/c17-10-3-4-12(11(18)6-10)26-15-9(2-1-5-19-15)8-20-14(24)7-13-21-16(25)23-22-13/h1-6H,7-8H2,(H,20,24)(H2,21,22,23,25). The summed E-state index contributed by atoms with van der Waals surface area (Å²) in [5, 5.41) is 8.42. The van der Waals surface area contributed by atoms with E-state index >= 15 is 0 Å². The predicted octanol–water partition coefficient (Wildman–Crippen LogP) is 1.42. The number of nitrogens with zero attached hydrogens (tertiary/aromatic N) is 2. The summed E-state index contributed by atoms with van der Waals surface area (Å²) in [6.07, 6.45) is 1.32. The minimum Gasteiger partial charge on any atom is -0.436 e. The molecule has 0 atom stereocenters. The van der Waals surface area contributed by atoms with Gasteiger partial charge in [-0.05, 0) is 18.2 Å². The number of pyridine rings is 1. The lowest BCUT2D eigenvalue weighted by molar-refractivity contribution is -0.120. The molecule has 3 aromatic rings. The highest BCUT2D eigenvalue weighted by molar-refractivity contribution is 5.77. The Balaban J connectivity index is 1.67. The van der Waals surface area contributed by atoms with E-state index in [-0.39, 0.29) is 30.4 Å². The summed E-state index contributed by atoms with van der Waals surface area (Å²) in [5.74, 6) is -1.90. The minimum absolute atomic E-state index is 0.0550. The molecule has 0 bridgehead atoms. The van der Waals surface area contributed by atoms with E-state index in [2.05, 4.69) is 25.5 Å². The van der Waals surface area contributed by atoms with Gasteiger partial charge in [0, 0.05) is 24.4 Å². The summed E-state index contributed by atoms with van der Waals surface area (Å²) < 4.78 is 32.1. The van der Waals surface area contributed by atoms with E-state index in [4.69, 9.17) is 4.74 Å². The van der Waals surface area contributed by atoms with Crippen molar-refractivity contribution in [3.63, 3.8) is 0 Å². The number of hydrogen-bond donors (Lipinski definition) is 3. The van der Waals surface area contributed by atoms with E-state index in [1.807, 2.05) is 0 Å². The van der Waals surface area contributed by atoms with Crippen LogP contribution in [-0.2, 0) is 17.8 Å². The Hall–Kier alpha value is -3.56. The van der Waals surface area contributed by atoms with Gasteiger partial charge in [-0.2, -0.15) is 5.10 Å². The third kappa shape index (κ3) is 4.29. The number of carbonyl (C=O) groups is 1. The molecule has 1 amide bonds. The van der Waals surface area contributed by atoms with Gasteiger partial charge in [-0.25, -0.2) is 23.7 Å². The molecule has 0 saturated carbocycles. The number of nitrogens with one attached hydrogen (secondary N) is 3. The molecular weight excluding hydrogens is 348 g/mol. The molecule has 26 heavy (non-hydrogen) atoms. The Bertz CT molecular complexity index is 986. The molecule has 0 saturated heterocycles. The molecule has 3 N–H and O–H groups in total. The number of benzene rings is 1. The molecule has 0 radical (unpaired) electrons. The molecule has 0 aliphatic heterocycles. The second-order valence-electron chi connectivity index (χ2n) is 5.22. The van der Waals surface area contributed by atoms with Crippen LogP contribution in [0.2, 0.25) is 0 Å². The lowest BCUT2D eigenvalue weighted by atomic mass is 10.2. The normalized spacial score (nSPS) is 10.5. The number of aromatic amines is 2. The number of ether oxygens (including phenoxy) is 1. The molecule has 2 aromatic heterocycles. The van der Waals surface area contributed by atoms with Gasteiger partial charge in [-0.15, -0.1) is 0 Å². The molecule has 0 fully saturated rings. The lowest BCUT2D eigenvalue weighted by Crippen LogP contribution is -2.25. The van der Waals surface area contributed by atoms with E-state index in [0.29, 0.717) is 11.6 Å². The van der Waals surface area contributed by atoms with Crippen molar-refractivity contribution in [3.05, 3.63) is 70.0 Å². The topological polar surface area (TPSA) is 113 Å². The lowest BCUT2D eigenvalue weighted by Gasteiger charge is -2.11. The van der Waals surface area contributed by atoms with Crippen molar-refractivity contribution in [2.75, 3.05) is 0 Å². The molecule has 2 heterocycles. The van der Waals surface area contributed by atoms with Crippen LogP contribution >= 0.6 is 0 Å². The van der Waals surface area contributed by atoms with Crippen molar-refractivity contribution in [2.45, 2.75) is 13.0 Å². The molecule has 134 valence electrons. The van der Waals surface area contributed by atoms with Crippen LogP contribution in [0.15, 0.2) is 41.3 Å². The highest BCUT2D eigenvalue weighted by Gasteiger charge is 2.12. The molecule has 0 aliphatic rings. The zero-order chi connectivity index (χ0) is 18.5. The largest absolute Gasteiger partial charge is 0.436 e. The zero-order valence-corrected chi connectivity index (χ0v) is 13.3. The molecule has 8 nitrogen and oxygen atoms in total. The van der Waals surface area contributed by atoms with Gasteiger partial charge in [0.25, 0.3) is 0 Å². The fourth-order valence-corrected chi connectivity index (χ4v) is 2.11. The number of aromatic nitrogens is 4. The van der Waals surface area contributed by atoms with E-state index in [9.17, 15) is 18.4 Å². The SMILES string of the molecule is O=C(Cc1n[nH]c(=O)[nH]1)NCc1cccnc1Oc1ccc(F)cc1F. The third-order valence-electron chi connectivity index (χ3n) is 3.30. The summed E-state index contributed by atoms with van der Waals surface area (Å²) in [4.78, 5) is 29.2. The van der Waals surface area contributed by atoms with Crippen LogP contribution in [0.4, 0.5) is 8.78 Å². The van der Waals surface area contributed by atoms with Crippen molar-refractivity contribution >= 4 is 5.91 Å². The van der Waals surface area contributed by atoms with E-state index in [0.717, 1.165) is 12.1 Å². The van der Waals surface area contributed by atoms with Crippen molar-refractivity contribution in [1.82, 2.24) is 25.5 Å². The molecule has 1 aromatic carbocycles. The average molecular weight is 361 g/mol. The van der Waals surface area contributed by atoms with Crippen LogP contribution in [0, 0.1) is 11.6 Å². The number of H-pyrrole nitrogens is 2. The van der Waals surface area contributed by atoms with Crippen molar-refractivity contribution < 1.29 is 18.3 Å².